The smallest absolute Gasteiger partial charge is 0.162 e. The van der Waals surface area contributed by atoms with Crippen LogP contribution in [0.15, 0.2) is 12.3 Å². The van der Waals surface area contributed by atoms with E-state index in [1.54, 1.807) is 12.3 Å². The van der Waals surface area contributed by atoms with Gasteiger partial charge in [0.2, 0.25) is 0 Å². The lowest BCUT2D eigenvalue weighted by atomic mass is 9.88. The summed E-state index contributed by atoms with van der Waals surface area (Å²) in [6.45, 7) is 1.00. The van der Waals surface area contributed by atoms with Crippen LogP contribution in [0.1, 0.15) is 31.2 Å². The Hall–Kier alpha value is -1.65. The zero-order valence-electron chi connectivity index (χ0n) is 11.3. The second kappa shape index (κ2) is 4.79. The van der Waals surface area contributed by atoms with E-state index in [0.717, 1.165) is 30.1 Å². The summed E-state index contributed by atoms with van der Waals surface area (Å²) in [5, 5.41) is 15.7. The van der Waals surface area contributed by atoms with Crippen LogP contribution in [0.3, 0.4) is 0 Å². The van der Waals surface area contributed by atoms with Crippen LogP contribution in [0.2, 0.25) is 0 Å². The minimum absolute atomic E-state index is 0.0599. The maximum Gasteiger partial charge on any atom is 0.162 e. The van der Waals surface area contributed by atoms with Crippen LogP contribution in [-0.2, 0) is 0 Å². The van der Waals surface area contributed by atoms with Crippen molar-refractivity contribution in [1.29, 1.82) is 5.41 Å². The quantitative estimate of drug-likeness (QED) is 0.636. The predicted molar refractivity (Wildman–Crippen MR) is 75.3 cm³/mol. The number of aromatic nitrogens is 2. The number of anilines is 1. The summed E-state index contributed by atoms with van der Waals surface area (Å²) in [6, 6.07) is 1.77. The molecule has 102 valence electrons. The summed E-state index contributed by atoms with van der Waals surface area (Å²) < 4.78 is 0. The highest BCUT2D eigenvalue weighted by Crippen LogP contribution is 2.48. The highest BCUT2D eigenvalue weighted by Gasteiger charge is 2.39. The number of hydrogen-bond donors (Lipinski definition) is 2. The molecule has 19 heavy (non-hydrogen) atoms. The summed E-state index contributed by atoms with van der Waals surface area (Å²) in [7, 11) is 2.03. The molecular formula is C14H21N5. The number of nitrogens with zero attached hydrogens (tertiary/aromatic N) is 3. The van der Waals surface area contributed by atoms with Crippen molar-refractivity contribution in [3.8, 4) is 0 Å². The summed E-state index contributed by atoms with van der Waals surface area (Å²) in [5.41, 5.74) is 6.29. The second-order valence-electron chi connectivity index (χ2n) is 6.00. The fourth-order valence-electron chi connectivity index (χ4n) is 3.85. The molecule has 3 N–H and O–H groups in total. The van der Waals surface area contributed by atoms with Crippen molar-refractivity contribution in [3.63, 3.8) is 0 Å². The topological polar surface area (TPSA) is 78.9 Å². The molecule has 3 rings (SSSR count). The molecular weight excluding hydrogens is 238 g/mol. The Morgan fingerprint density at radius 2 is 2.32 bits per heavy atom. The number of nitrogens with two attached hydrogens (primary N) is 1. The maximum atomic E-state index is 7.62. The molecule has 1 aromatic rings. The van der Waals surface area contributed by atoms with E-state index >= 15 is 0 Å². The Morgan fingerprint density at radius 1 is 1.47 bits per heavy atom. The van der Waals surface area contributed by atoms with Crippen molar-refractivity contribution >= 4 is 11.7 Å². The Balaban J connectivity index is 1.74. The standard InChI is InChI=1S/C14H21N5/c1-19(8-11-7-9-2-3-10(11)6-9)14-12(13(15)16)4-5-17-18-14/h4-5,9-11H,2-3,6-8H2,1H3,(H3,15,16). The molecule has 2 aliphatic carbocycles. The molecule has 1 aromatic heterocycles. The van der Waals surface area contributed by atoms with Gasteiger partial charge in [0.15, 0.2) is 5.82 Å². The molecule has 0 amide bonds. The van der Waals surface area contributed by atoms with Crippen molar-refractivity contribution in [3.05, 3.63) is 17.8 Å². The normalized spacial score (nSPS) is 28.6. The van der Waals surface area contributed by atoms with Gasteiger partial charge >= 0.3 is 0 Å². The van der Waals surface area contributed by atoms with Crippen molar-refractivity contribution in [2.24, 2.45) is 23.5 Å². The van der Waals surface area contributed by atoms with Gasteiger partial charge in [0.1, 0.15) is 5.84 Å². The lowest BCUT2D eigenvalue weighted by molar-refractivity contribution is 0.337. The molecule has 5 nitrogen and oxygen atoms in total. The first-order valence-corrected chi connectivity index (χ1v) is 7.02. The minimum atomic E-state index is 0.0599. The fraction of sp³-hybridized carbons (Fsp3) is 0.643. The summed E-state index contributed by atoms with van der Waals surface area (Å²) in [4.78, 5) is 2.12. The first-order chi connectivity index (χ1) is 9.15. The highest BCUT2D eigenvalue weighted by atomic mass is 15.2. The summed E-state index contributed by atoms with van der Waals surface area (Å²) in [6.07, 6.45) is 7.17. The molecule has 2 saturated carbocycles. The van der Waals surface area contributed by atoms with Gasteiger partial charge in [-0.25, -0.2) is 0 Å². The van der Waals surface area contributed by atoms with E-state index in [1.807, 2.05) is 7.05 Å². The average Bonchev–Trinajstić information content (AvgIpc) is 3.01. The van der Waals surface area contributed by atoms with Crippen LogP contribution in [0.4, 0.5) is 5.82 Å². The molecule has 1 heterocycles. The van der Waals surface area contributed by atoms with Crippen molar-refractivity contribution in [2.45, 2.75) is 25.7 Å². The van der Waals surface area contributed by atoms with E-state index in [4.69, 9.17) is 11.1 Å². The Bertz CT molecular complexity index is 486. The van der Waals surface area contributed by atoms with Gasteiger partial charge < -0.3 is 10.6 Å². The van der Waals surface area contributed by atoms with E-state index in [9.17, 15) is 0 Å². The third-order valence-corrected chi connectivity index (χ3v) is 4.75. The van der Waals surface area contributed by atoms with Crippen LogP contribution in [0.25, 0.3) is 0 Å². The van der Waals surface area contributed by atoms with Crippen LogP contribution in [0, 0.1) is 23.2 Å². The van der Waals surface area contributed by atoms with Gasteiger partial charge in [0, 0.05) is 13.6 Å². The fourth-order valence-corrected chi connectivity index (χ4v) is 3.85. The molecule has 0 spiro atoms. The largest absolute Gasteiger partial charge is 0.384 e. The van der Waals surface area contributed by atoms with E-state index < -0.39 is 0 Å². The highest BCUT2D eigenvalue weighted by molar-refractivity contribution is 5.99. The van der Waals surface area contributed by atoms with Gasteiger partial charge in [-0.15, -0.1) is 5.10 Å². The molecule has 5 heteroatoms. The Morgan fingerprint density at radius 3 is 2.95 bits per heavy atom. The first kappa shape index (κ1) is 12.4. The third-order valence-electron chi connectivity index (χ3n) is 4.75. The van der Waals surface area contributed by atoms with Crippen molar-refractivity contribution in [1.82, 2.24) is 10.2 Å². The molecule has 0 radical (unpaired) electrons. The Labute approximate surface area is 113 Å². The van der Waals surface area contributed by atoms with E-state index in [2.05, 4.69) is 15.1 Å². The number of fused-ring (bicyclic) bond motifs is 2. The maximum absolute atomic E-state index is 7.62. The SMILES string of the molecule is CN(CC1CC2CCC1C2)c1nnccc1C(=N)N. The number of amidine groups is 1. The predicted octanol–water partition coefficient (Wildman–Crippen LogP) is 1.63. The van der Waals surface area contributed by atoms with Crippen LogP contribution in [-0.4, -0.2) is 29.6 Å². The number of nitrogen functional groups attached to an aromatic ring is 1. The van der Waals surface area contributed by atoms with Gasteiger partial charge in [-0.1, -0.05) is 6.42 Å². The van der Waals surface area contributed by atoms with Gasteiger partial charge in [0.05, 0.1) is 11.8 Å². The molecule has 2 aliphatic rings. The minimum Gasteiger partial charge on any atom is -0.384 e. The molecule has 0 saturated heterocycles. The zero-order chi connectivity index (χ0) is 13.4. The van der Waals surface area contributed by atoms with Gasteiger partial charge in [-0.2, -0.15) is 5.10 Å². The lowest BCUT2D eigenvalue weighted by Crippen LogP contribution is -2.31. The molecule has 0 aliphatic heterocycles. The van der Waals surface area contributed by atoms with Crippen LogP contribution in [0.5, 0.6) is 0 Å². The van der Waals surface area contributed by atoms with E-state index in [1.165, 1.54) is 25.7 Å². The van der Waals surface area contributed by atoms with Crippen molar-refractivity contribution < 1.29 is 0 Å². The molecule has 2 bridgehead atoms. The average molecular weight is 259 g/mol. The molecule has 3 atom stereocenters. The number of nitrogens with one attached hydrogen (secondary N) is 1. The van der Waals surface area contributed by atoms with Crippen LogP contribution >= 0.6 is 0 Å². The summed E-state index contributed by atoms with van der Waals surface area (Å²) in [5.74, 6) is 3.41. The van der Waals surface area contributed by atoms with Gasteiger partial charge in [-0.05, 0) is 43.1 Å². The zero-order valence-corrected chi connectivity index (χ0v) is 11.3. The van der Waals surface area contributed by atoms with Crippen LogP contribution < -0.4 is 10.6 Å². The third kappa shape index (κ3) is 2.29. The van der Waals surface area contributed by atoms with Crippen molar-refractivity contribution in [2.75, 3.05) is 18.5 Å². The molecule has 3 unspecified atom stereocenters. The monoisotopic (exact) mass is 259 g/mol. The van der Waals surface area contributed by atoms with E-state index in [0.29, 0.717) is 5.56 Å². The van der Waals surface area contributed by atoms with Gasteiger partial charge in [0.25, 0.3) is 0 Å². The number of rotatable bonds is 4. The lowest BCUT2D eigenvalue weighted by Gasteiger charge is -2.28. The van der Waals surface area contributed by atoms with Gasteiger partial charge in [-0.3, -0.25) is 5.41 Å². The molecule has 0 aromatic carbocycles. The number of hydrogen-bond acceptors (Lipinski definition) is 4. The molecule has 2 fully saturated rings. The summed E-state index contributed by atoms with van der Waals surface area (Å²) >= 11 is 0. The second-order valence-corrected chi connectivity index (χ2v) is 6.00. The first-order valence-electron chi connectivity index (χ1n) is 7.02. The van der Waals surface area contributed by atoms with E-state index in [-0.39, 0.29) is 5.84 Å². The Kier molecular flexibility index (Phi) is 3.12.